The van der Waals surface area contributed by atoms with E-state index in [1.165, 1.54) is 6.07 Å². The van der Waals surface area contributed by atoms with Crippen molar-refractivity contribution in [3.63, 3.8) is 0 Å². The van der Waals surface area contributed by atoms with Crippen LogP contribution in [-0.4, -0.2) is 4.57 Å². The summed E-state index contributed by atoms with van der Waals surface area (Å²) < 4.78 is 29.8. The Hall–Kier alpha value is -1.97. The molecule has 0 radical (unpaired) electrons. The Labute approximate surface area is 110 Å². The zero-order valence-electron chi connectivity index (χ0n) is 11.0. The molecule has 0 fully saturated rings. The number of hydrogen-bond acceptors (Lipinski definition) is 1. The molecule has 2 aromatic rings. The van der Waals surface area contributed by atoms with Gasteiger partial charge in [-0.15, -0.1) is 0 Å². The van der Waals surface area contributed by atoms with Crippen LogP contribution in [0.4, 0.5) is 8.78 Å². The minimum atomic E-state index is -0.760. The lowest BCUT2D eigenvalue weighted by Crippen LogP contribution is -2.15. The molecule has 0 aliphatic heterocycles. The molecule has 0 saturated carbocycles. The van der Waals surface area contributed by atoms with Crippen molar-refractivity contribution in [1.82, 2.24) is 4.57 Å². The van der Waals surface area contributed by atoms with E-state index in [2.05, 4.69) is 6.58 Å². The first kappa shape index (κ1) is 13.5. The molecule has 2 rings (SSSR count). The van der Waals surface area contributed by atoms with Crippen LogP contribution in [0.3, 0.4) is 0 Å². The van der Waals surface area contributed by atoms with E-state index in [0.29, 0.717) is 13.0 Å². The summed E-state index contributed by atoms with van der Waals surface area (Å²) in [5.74, 6) is -1.48. The van der Waals surface area contributed by atoms with Gasteiger partial charge in [-0.25, -0.2) is 8.78 Å². The van der Waals surface area contributed by atoms with E-state index in [1.54, 1.807) is 4.57 Å². The quantitative estimate of drug-likeness (QED) is 0.830. The lowest BCUT2D eigenvalue weighted by molar-refractivity contribution is 0.578. The number of rotatable bonds is 3. The van der Waals surface area contributed by atoms with Gasteiger partial charge in [0, 0.05) is 23.9 Å². The van der Waals surface area contributed by atoms with Crippen LogP contribution >= 0.6 is 0 Å². The lowest BCUT2D eigenvalue weighted by Gasteiger charge is -2.16. The first-order valence-corrected chi connectivity index (χ1v) is 6.21. The maximum Gasteiger partial charge on any atom is 0.189 e. The average molecular weight is 263 g/mol. The molecule has 1 aromatic heterocycles. The van der Waals surface area contributed by atoms with E-state index >= 15 is 0 Å². The van der Waals surface area contributed by atoms with Crippen molar-refractivity contribution in [1.29, 1.82) is 0 Å². The first-order chi connectivity index (χ1) is 9.04. The number of pyridine rings is 1. The maximum absolute atomic E-state index is 14.4. The van der Waals surface area contributed by atoms with E-state index in [4.69, 9.17) is 0 Å². The largest absolute Gasteiger partial charge is 0.342 e. The van der Waals surface area contributed by atoms with Gasteiger partial charge in [-0.05, 0) is 19.4 Å². The molecule has 2 nitrogen and oxygen atoms in total. The van der Waals surface area contributed by atoms with Crippen molar-refractivity contribution in [2.75, 3.05) is 0 Å². The standard InChI is InChI=1S/C15H15F2NO/c1-4-9-7-13(19)11-8-12(16)10(5-2)14(17)15(11)18(9)6-3/h5,7-8H,2,4,6H2,1,3H3. The Morgan fingerprint density at radius 3 is 2.53 bits per heavy atom. The summed E-state index contributed by atoms with van der Waals surface area (Å²) in [6.45, 7) is 7.68. The number of halogens is 2. The number of aromatic nitrogens is 1. The smallest absolute Gasteiger partial charge is 0.189 e. The van der Waals surface area contributed by atoms with Crippen molar-refractivity contribution < 1.29 is 8.78 Å². The predicted molar refractivity (Wildman–Crippen MR) is 73.3 cm³/mol. The molecular weight excluding hydrogens is 248 g/mol. The molecule has 0 aliphatic rings. The van der Waals surface area contributed by atoms with Gasteiger partial charge in [0.1, 0.15) is 5.82 Å². The van der Waals surface area contributed by atoms with Gasteiger partial charge in [0.2, 0.25) is 0 Å². The Kier molecular flexibility index (Phi) is 3.51. The monoisotopic (exact) mass is 263 g/mol. The zero-order valence-corrected chi connectivity index (χ0v) is 11.0. The van der Waals surface area contributed by atoms with E-state index in [9.17, 15) is 13.6 Å². The van der Waals surface area contributed by atoms with Gasteiger partial charge in [-0.3, -0.25) is 4.79 Å². The third-order valence-electron chi connectivity index (χ3n) is 3.29. The minimum Gasteiger partial charge on any atom is -0.342 e. The number of benzene rings is 1. The first-order valence-electron chi connectivity index (χ1n) is 6.21. The van der Waals surface area contributed by atoms with E-state index in [1.807, 2.05) is 13.8 Å². The highest BCUT2D eigenvalue weighted by Crippen LogP contribution is 2.24. The predicted octanol–water partition coefficient (Wildman–Crippen LogP) is 3.51. The molecule has 0 amide bonds. The van der Waals surface area contributed by atoms with Crippen molar-refractivity contribution in [2.45, 2.75) is 26.8 Å². The molecule has 4 heteroatoms. The highest BCUT2D eigenvalue weighted by Gasteiger charge is 2.17. The third-order valence-corrected chi connectivity index (χ3v) is 3.29. The highest BCUT2D eigenvalue weighted by molar-refractivity contribution is 5.83. The fourth-order valence-corrected chi connectivity index (χ4v) is 2.37. The van der Waals surface area contributed by atoms with Crippen LogP contribution in [-0.2, 0) is 13.0 Å². The molecule has 1 aromatic carbocycles. The van der Waals surface area contributed by atoms with Crippen molar-refractivity contribution in [2.24, 2.45) is 0 Å². The Morgan fingerprint density at radius 1 is 1.32 bits per heavy atom. The zero-order chi connectivity index (χ0) is 14.2. The van der Waals surface area contributed by atoms with Gasteiger partial charge in [-0.2, -0.15) is 0 Å². The van der Waals surface area contributed by atoms with Crippen LogP contribution in [0.25, 0.3) is 17.0 Å². The highest BCUT2D eigenvalue weighted by atomic mass is 19.1. The molecule has 0 aliphatic carbocycles. The van der Waals surface area contributed by atoms with Crippen LogP contribution in [0.1, 0.15) is 25.1 Å². The van der Waals surface area contributed by atoms with Gasteiger partial charge in [-0.1, -0.05) is 19.6 Å². The summed E-state index contributed by atoms with van der Waals surface area (Å²) in [5.41, 5.74) is 0.344. The summed E-state index contributed by atoms with van der Waals surface area (Å²) in [4.78, 5) is 12.0. The fraction of sp³-hybridized carbons (Fsp3) is 0.267. The van der Waals surface area contributed by atoms with E-state index in [0.717, 1.165) is 17.8 Å². The molecule has 19 heavy (non-hydrogen) atoms. The third kappa shape index (κ3) is 1.97. The van der Waals surface area contributed by atoms with Gasteiger partial charge in [0.15, 0.2) is 11.2 Å². The summed E-state index contributed by atoms with van der Waals surface area (Å²) in [6, 6.07) is 2.53. The number of hydrogen-bond donors (Lipinski definition) is 0. The maximum atomic E-state index is 14.4. The topological polar surface area (TPSA) is 22.0 Å². The molecular formula is C15H15F2NO. The minimum absolute atomic E-state index is 0.0691. The number of fused-ring (bicyclic) bond motifs is 1. The van der Waals surface area contributed by atoms with Gasteiger partial charge in [0.25, 0.3) is 0 Å². The second kappa shape index (κ2) is 4.96. The van der Waals surface area contributed by atoms with Crippen LogP contribution in [0.15, 0.2) is 23.5 Å². The molecule has 0 atom stereocenters. The lowest BCUT2D eigenvalue weighted by atomic mass is 10.1. The fourth-order valence-electron chi connectivity index (χ4n) is 2.37. The molecule has 0 N–H and O–H groups in total. The van der Waals surface area contributed by atoms with Crippen molar-refractivity contribution >= 4 is 17.0 Å². The Bertz CT molecular complexity index is 716. The summed E-state index contributed by atoms with van der Waals surface area (Å²) in [6.07, 6.45) is 1.74. The molecule has 0 spiro atoms. The van der Waals surface area contributed by atoms with Crippen LogP contribution < -0.4 is 5.43 Å². The van der Waals surface area contributed by atoms with E-state index in [-0.39, 0.29) is 21.9 Å². The summed E-state index contributed by atoms with van der Waals surface area (Å²) in [7, 11) is 0. The Balaban J connectivity index is 3.08. The van der Waals surface area contributed by atoms with Crippen molar-refractivity contribution in [3.05, 3.63) is 51.8 Å². The average Bonchev–Trinajstić information content (AvgIpc) is 2.39. The van der Waals surface area contributed by atoms with Crippen LogP contribution in [0.2, 0.25) is 0 Å². The number of nitrogens with zero attached hydrogens (tertiary/aromatic N) is 1. The molecule has 1 heterocycles. The van der Waals surface area contributed by atoms with Crippen LogP contribution in [0.5, 0.6) is 0 Å². The molecule has 0 unspecified atom stereocenters. The summed E-state index contributed by atoms with van der Waals surface area (Å²) in [5, 5.41) is 0.0691. The normalized spacial score (nSPS) is 10.9. The second-order valence-electron chi connectivity index (χ2n) is 4.28. The van der Waals surface area contributed by atoms with Crippen molar-refractivity contribution in [3.8, 4) is 0 Å². The van der Waals surface area contributed by atoms with Gasteiger partial charge < -0.3 is 4.57 Å². The SMILES string of the molecule is C=Cc1c(F)cc2c(=O)cc(CC)n(CC)c2c1F. The molecule has 0 saturated heterocycles. The second-order valence-corrected chi connectivity index (χ2v) is 4.28. The van der Waals surface area contributed by atoms with Crippen LogP contribution in [0, 0.1) is 11.6 Å². The van der Waals surface area contributed by atoms with E-state index < -0.39 is 11.6 Å². The Morgan fingerprint density at radius 2 is 2.00 bits per heavy atom. The molecule has 100 valence electrons. The van der Waals surface area contributed by atoms with Gasteiger partial charge >= 0.3 is 0 Å². The summed E-state index contributed by atoms with van der Waals surface area (Å²) >= 11 is 0. The number of aryl methyl sites for hydroxylation is 2. The molecule has 0 bridgehead atoms. The van der Waals surface area contributed by atoms with Gasteiger partial charge in [0.05, 0.1) is 10.9 Å².